The van der Waals surface area contributed by atoms with E-state index in [0.29, 0.717) is 38.8 Å². The van der Waals surface area contributed by atoms with Crippen LogP contribution in [-0.4, -0.2) is 54.5 Å². The quantitative estimate of drug-likeness (QED) is 0.565. The van der Waals surface area contributed by atoms with Crippen LogP contribution in [0.2, 0.25) is 0 Å². The zero-order valence-corrected chi connectivity index (χ0v) is 20.5. The Bertz CT molecular complexity index is 902. The molecule has 1 aliphatic rings. The van der Waals surface area contributed by atoms with Crippen molar-refractivity contribution in [2.45, 2.75) is 47.0 Å². The average Bonchev–Trinajstić information content (AvgIpc) is 3.20. The van der Waals surface area contributed by atoms with Gasteiger partial charge in [-0.2, -0.15) is 0 Å². The van der Waals surface area contributed by atoms with Crippen LogP contribution in [0.5, 0.6) is 0 Å². The Balaban J connectivity index is 1.52. The zero-order chi connectivity index (χ0) is 23.1. The van der Waals surface area contributed by atoms with Crippen LogP contribution in [0, 0.1) is 25.7 Å². The van der Waals surface area contributed by atoms with Crippen molar-refractivity contribution in [3.05, 3.63) is 40.4 Å². The molecule has 3 rings (SSSR count). The predicted octanol–water partition coefficient (Wildman–Crippen LogP) is 4.46. The third-order valence-electron chi connectivity index (χ3n) is 6.21. The predicted molar refractivity (Wildman–Crippen MR) is 129 cm³/mol. The van der Waals surface area contributed by atoms with Crippen molar-refractivity contribution >= 4 is 23.2 Å². The van der Waals surface area contributed by atoms with Crippen LogP contribution in [0.1, 0.15) is 54.0 Å². The van der Waals surface area contributed by atoms with E-state index in [0.717, 1.165) is 40.4 Å². The number of carbonyl (C=O) groups is 2. The molecule has 32 heavy (non-hydrogen) atoms. The average molecular weight is 458 g/mol. The number of benzene rings is 1. The third kappa shape index (κ3) is 6.17. The molecule has 6 nitrogen and oxygen atoms in total. The normalized spacial score (nSPS) is 15.6. The number of nitrogens with zero attached hydrogens (tertiary/aromatic N) is 2. The molecule has 1 aromatic heterocycles. The molecular weight excluding hydrogens is 422 g/mol. The molecule has 174 valence electrons. The van der Waals surface area contributed by atoms with Crippen LogP contribution in [0.15, 0.2) is 24.3 Å². The summed E-state index contributed by atoms with van der Waals surface area (Å²) >= 11 is 1.47. The van der Waals surface area contributed by atoms with Gasteiger partial charge in [-0.1, -0.05) is 36.8 Å². The molecule has 1 saturated heterocycles. The summed E-state index contributed by atoms with van der Waals surface area (Å²) in [5.74, 6) is 0.423. The SMILES string of the molecule is CCOCCCNC(=O)[C@@H](C)C1CCN(C(=O)c2sc(-c3ccc(C)cc3)nc2C)CC1. The monoisotopic (exact) mass is 457 g/mol. The molecule has 0 unspecified atom stereocenters. The Morgan fingerprint density at radius 3 is 2.56 bits per heavy atom. The van der Waals surface area contributed by atoms with Gasteiger partial charge < -0.3 is 15.0 Å². The lowest BCUT2D eigenvalue weighted by atomic mass is 9.84. The van der Waals surface area contributed by atoms with E-state index in [9.17, 15) is 9.59 Å². The highest BCUT2D eigenvalue weighted by atomic mass is 32.1. The number of aryl methyl sites for hydroxylation is 2. The van der Waals surface area contributed by atoms with Crippen molar-refractivity contribution in [2.24, 2.45) is 11.8 Å². The van der Waals surface area contributed by atoms with E-state index in [1.165, 1.54) is 16.9 Å². The Kier molecular flexibility index (Phi) is 8.82. The van der Waals surface area contributed by atoms with Crippen molar-refractivity contribution < 1.29 is 14.3 Å². The molecule has 0 bridgehead atoms. The first-order chi connectivity index (χ1) is 15.4. The number of nitrogens with one attached hydrogen (secondary N) is 1. The summed E-state index contributed by atoms with van der Waals surface area (Å²) in [5, 5.41) is 3.91. The molecule has 1 N–H and O–H groups in total. The first kappa shape index (κ1) is 24.4. The maximum atomic E-state index is 13.2. The second-order valence-corrected chi connectivity index (χ2v) is 9.56. The van der Waals surface area contributed by atoms with Gasteiger partial charge in [0.2, 0.25) is 5.91 Å². The van der Waals surface area contributed by atoms with Crippen LogP contribution >= 0.6 is 11.3 Å². The van der Waals surface area contributed by atoms with Gasteiger partial charge in [-0.05, 0) is 46.0 Å². The van der Waals surface area contributed by atoms with Crippen molar-refractivity contribution in [3.63, 3.8) is 0 Å². The highest BCUT2D eigenvalue weighted by Crippen LogP contribution is 2.31. The van der Waals surface area contributed by atoms with Crippen LogP contribution in [0.3, 0.4) is 0 Å². The molecule has 0 spiro atoms. The van der Waals surface area contributed by atoms with Gasteiger partial charge >= 0.3 is 0 Å². The molecule has 0 radical (unpaired) electrons. The summed E-state index contributed by atoms with van der Waals surface area (Å²) in [5.41, 5.74) is 3.04. The molecular formula is C25H35N3O3S. The molecule has 2 heterocycles. The third-order valence-corrected chi connectivity index (χ3v) is 7.40. The van der Waals surface area contributed by atoms with Crippen LogP contribution < -0.4 is 5.32 Å². The van der Waals surface area contributed by atoms with E-state index in [4.69, 9.17) is 4.74 Å². The van der Waals surface area contributed by atoms with Crippen molar-refractivity contribution in [1.29, 1.82) is 0 Å². The number of aromatic nitrogens is 1. The summed E-state index contributed by atoms with van der Waals surface area (Å²) < 4.78 is 5.31. The lowest BCUT2D eigenvalue weighted by molar-refractivity contribution is -0.126. The minimum Gasteiger partial charge on any atom is -0.382 e. The molecule has 1 atom stereocenters. The van der Waals surface area contributed by atoms with Gasteiger partial charge in [-0.25, -0.2) is 4.98 Å². The van der Waals surface area contributed by atoms with Gasteiger partial charge in [0.15, 0.2) is 0 Å². The molecule has 2 amide bonds. The molecule has 0 aliphatic carbocycles. The van der Waals surface area contributed by atoms with Gasteiger partial charge in [-0.15, -0.1) is 11.3 Å². The van der Waals surface area contributed by atoms with Gasteiger partial charge in [0.25, 0.3) is 5.91 Å². The highest BCUT2D eigenvalue weighted by molar-refractivity contribution is 7.17. The fraction of sp³-hybridized carbons (Fsp3) is 0.560. The number of thiazole rings is 1. The Hall–Kier alpha value is -2.25. The van der Waals surface area contributed by atoms with Crippen molar-refractivity contribution in [3.8, 4) is 10.6 Å². The highest BCUT2D eigenvalue weighted by Gasteiger charge is 2.31. The minimum atomic E-state index is -0.0439. The largest absolute Gasteiger partial charge is 0.382 e. The second-order valence-electron chi connectivity index (χ2n) is 8.56. The number of rotatable bonds is 9. The Morgan fingerprint density at radius 2 is 1.91 bits per heavy atom. The fourth-order valence-corrected chi connectivity index (χ4v) is 5.11. The van der Waals surface area contributed by atoms with Gasteiger partial charge in [0, 0.05) is 44.3 Å². The van der Waals surface area contributed by atoms with Crippen molar-refractivity contribution in [2.75, 3.05) is 32.8 Å². The number of ether oxygens (including phenoxy) is 1. The Labute approximate surface area is 195 Å². The minimum absolute atomic E-state index is 0.0439. The van der Waals surface area contributed by atoms with E-state index < -0.39 is 0 Å². The van der Waals surface area contributed by atoms with Gasteiger partial charge in [0.1, 0.15) is 9.88 Å². The van der Waals surface area contributed by atoms with E-state index in [2.05, 4.69) is 41.5 Å². The fourth-order valence-electron chi connectivity index (χ4n) is 4.07. The summed E-state index contributed by atoms with van der Waals surface area (Å²) in [6.45, 7) is 11.3. The second kappa shape index (κ2) is 11.6. The number of hydrogen-bond acceptors (Lipinski definition) is 5. The molecule has 1 aromatic carbocycles. The standard InChI is InChI=1S/C25H35N3O3S/c1-5-31-16-6-13-26-23(29)18(3)20-11-14-28(15-12-20)25(30)22-19(4)27-24(32-22)21-9-7-17(2)8-10-21/h7-10,18,20H,5-6,11-16H2,1-4H3,(H,26,29)/t18-/m0/s1. The number of piperidine rings is 1. The van der Waals surface area contributed by atoms with Crippen molar-refractivity contribution in [1.82, 2.24) is 15.2 Å². The summed E-state index contributed by atoms with van der Waals surface area (Å²) in [6, 6.07) is 8.23. The first-order valence-electron chi connectivity index (χ1n) is 11.6. The van der Waals surface area contributed by atoms with E-state index in [-0.39, 0.29) is 17.7 Å². The number of amides is 2. The maximum absolute atomic E-state index is 13.2. The van der Waals surface area contributed by atoms with Crippen LogP contribution in [-0.2, 0) is 9.53 Å². The van der Waals surface area contributed by atoms with E-state index in [1.807, 2.05) is 25.7 Å². The molecule has 1 fully saturated rings. The lowest BCUT2D eigenvalue weighted by Crippen LogP contribution is -2.42. The number of carbonyl (C=O) groups excluding carboxylic acids is 2. The van der Waals surface area contributed by atoms with Crippen LogP contribution in [0.4, 0.5) is 0 Å². The molecule has 2 aromatic rings. The molecule has 0 saturated carbocycles. The summed E-state index contributed by atoms with van der Waals surface area (Å²) in [6.07, 6.45) is 2.53. The first-order valence-corrected chi connectivity index (χ1v) is 12.4. The maximum Gasteiger partial charge on any atom is 0.265 e. The van der Waals surface area contributed by atoms with E-state index in [1.54, 1.807) is 0 Å². The van der Waals surface area contributed by atoms with Gasteiger partial charge in [-0.3, -0.25) is 9.59 Å². The van der Waals surface area contributed by atoms with Gasteiger partial charge in [0.05, 0.1) is 5.69 Å². The lowest BCUT2D eigenvalue weighted by Gasteiger charge is -2.34. The number of likely N-dealkylation sites (tertiary alicyclic amines) is 1. The molecule has 7 heteroatoms. The summed E-state index contributed by atoms with van der Waals surface area (Å²) in [7, 11) is 0. The Morgan fingerprint density at radius 1 is 1.22 bits per heavy atom. The number of hydrogen-bond donors (Lipinski definition) is 1. The zero-order valence-electron chi connectivity index (χ0n) is 19.6. The van der Waals surface area contributed by atoms with Crippen LogP contribution in [0.25, 0.3) is 10.6 Å². The summed E-state index contributed by atoms with van der Waals surface area (Å²) in [4.78, 5) is 32.9. The smallest absolute Gasteiger partial charge is 0.265 e. The topological polar surface area (TPSA) is 71.5 Å². The van der Waals surface area contributed by atoms with E-state index >= 15 is 0 Å². The molecule has 1 aliphatic heterocycles.